The van der Waals surface area contributed by atoms with Gasteiger partial charge in [-0.25, -0.2) is 9.78 Å². The van der Waals surface area contributed by atoms with Crippen LogP contribution in [-0.2, 0) is 4.74 Å². The zero-order chi connectivity index (χ0) is 17.3. The first-order valence-electron chi connectivity index (χ1n) is 7.84. The van der Waals surface area contributed by atoms with E-state index in [-0.39, 0.29) is 6.09 Å². The average Bonchev–Trinajstić information content (AvgIpc) is 2.52. The molecule has 2 aromatic rings. The highest BCUT2D eigenvalue weighted by Gasteiger charge is 2.30. The smallest absolute Gasteiger partial charge is 0.414 e. The molecule has 0 aliphatic carbocycles. The maximum atomic E-state index is 12.5. The lowest BCUT2D eigenvalue weighted by atomic mass is 10.1. The van der Waals surface area contributed by atoms with Crippen molar-refractivity contribution in [2.45, 2.75) is 26.4 Å². The van der Waals surface area contributed by atoms with Crippen molar-refractivity contribution in [2.24, 2.45) is 0 Å². The van der Waals surface area contributed by atoms with Gasteiger partial charge in [0.25, 0.3) is 0 Å². The molecule has 0 N–H and O–H groups in total. The molecule has 0 spiro atoms. The van der Waals surface area contributed by atoms with Crippen LogP contribution in [0, 0.1) is 0 Å². The molecular formula is C18H20ClN3O2. The van der Waals surface area contributed by atoms with Gasteiger partial charge in [0, 0.05) is 24.3 Å². The third-order valence-corrected chi connectivity index (χ3v) is 3.84. The van der Waals surface area contributed by atoms with E-state index in [1.54, 1.807) is 17.2 Å². The van der Waals surface area contributed by atoms with Crippen LogP contribution >= 0.6 is 11.6 Å². The van der Waals surface area contributed by atoms with Crippen molar-refractivity contribution >= 4 is 34.9 Å². The fourth-order valence-electron chi connectivity index (χ4n) is 2.65. The summed E-state index contributed by atoms with van der Waals surface area (Å²) in [5, 5.41) is 0.632. The number of aromatic nitrogens is 1. The number of hydrogen-bond acceptors (Lipinski definition) is 4. The van der Waals surface area contributed by atoms with Gasteiger partial charge in [-0.05, 0) is 45.0 Å². The number of nitrogens with zero attached hydrogens (tertiary/aromatic N) is 3. The Hall–Kier alpha value is -2.27. The number of anilines is 3. The van der Waals surface area contributed by atoms with E-state index in [0.717, 1.165) is 17.2 Å². The van der Waals surface area contributed by atoms with E-state index in [1.165, 1.54) is 0 Å². The zero-order valence-corrected chi connectivity index (χ0v) is 14.7. The average molecular weight is 346 g/mol. The number of ether oxygens (including phenoxy) is 1. The summed E-state index contributed by atoms with van der Waals surface area (Å²) >= 11 is 6.09. The van der Waals surface area contributed by atoms with Gasteiger partial charge in [-0.1, -0.05) is 23.7 Å². The summed E-state index contributed by atoms with van der Waals surface area (Å²) in [4.78, 5) is 20.6. The number of pyridine rings is 1. The molecule has 3 rings (SSSR count). The topological polar surface area (TPSA) is 45.7 Å². The number of amides is 1. The van der Waals surface area contributed by atoms with Gasteiger partial charge in [-0.15, -0.1) is 0 Å². The van der Waals surface area contributed by atoms with Crippen molar-refractivity contribution in [3.05, 3.63) is 47.6 Å². The molecule has 0 saturated heterocycles. The third kappa shape index (κ3) is 3.46. The number of carbonyl (C=O) groups is 1. The minimum atomic E-state index is -0.530. The number of fused-ring (bicyclic) bond motifs is 1. The number of benzene rings is 1. The quantitative estimate of drug-likeness (QED) is 0.756. The third-order valence-electron chi connectivity index (χ3n) is 3.61. The maximum Gasteiger partial charge on any atom is 0.414 e. The molecule has 6 heteroatoms. The summed E-state index contributed by atoms with van der Waals surface area (Å²) in [6, 6.07) is 11.3. The summed E-state index contributed by atoms with van der Waals surface area (Å²) in [6.45, 7) is 6.72. The van der Waals surface area contributed by atoms with Gasteiger partial charge in [-0.3, -0.25) is 4.90 Å². The molecule has 5 nitrogen and oxygen atoms in total. The molecule has 0 fully saturated rings. The fourth-order valence-corrected chi connectivity index (χ4v) is 2.80. The van der Waals surface area contributed by atoms with Gasteiger partial charge in [-0.2, -0.15) is 0 Å². The Kier molecular flexibility index (Phi) is 4.37. The Morgan fingerprint density at radius 3 is 2.54 bits per heavy atom. The SMILES string of the molecule is CC(C)(C)OC(=O)N1CCN(c2cc(Cl)ccn2)c2ccccc21. The molecule has 1 aromatic carbocycles. The van der Waals surface area contributed by atoms with Gasteiger partial charge in [0.15, 0.2) is 0 Å². The van der Waals surface area contributed by atoms with Gasteiger partial charge < -0.3 is 9.64 Å². The van der Waals surface area contributed by atoms with E-state index < -0.39 is 5.60 Å². The van der Waals surface area contributed by atoms with E-state index in [4.69, 9.17) is 16.3 Å². The molecule has 0 bridgehead atoms. The molecule has 1 amide bonds. The van der Waals surface area contributed by atoms with Crippen molar-refractivity contribution in [1.29, 1.82) is 0 Å². The second-order valence-electron chi connectivity index (χ2n) is 6.60. The van der Waals surface area contributed by atoms with Crippen molar-refractivity contribution in [1.82, 2.24) is 4.98 Å². The van der Waals surface area contributed by atoms with E-state index in [2.05, 4.69) is 9.88 Å². The molecule has 2 heterocycles. The van der Waals surface area contributed by atoms with Crippen LogP contribution in [0.4, 0.5) is 22.0 Å². The summed E-state index contributed by atoms with van der Waals surface area (Å²) in [5.74, 6) is 0.763. The first kappa shape index (κ1) is 16.6. The van der Waals surface area contributed by atoms with Crippen LogP contribution in [0.25, 0.3) is 0 Å². The van der Waals surface area contributed by atoms with E-state index in [1.807, 2.05) is 51.1 Å². The first-order chi connectivity index (χ1) is 11.3. The number of para-hydroxylation sites is 2. The number of rotatable bonds is 1. The standard InChI is InChI=1S/C18H20ClN3O2/c1-18(2,3)24-17(23)22-11-10-21(14-6-4-5-7-15(14)22)16-12-13(19)8-9-20-16/h4-9,12H,10-11H2,1-3H3. The van der Waals surface area contributed by atoms with Crippen LogP contribution in [0.2, 0.25) is 5.02 Å². The van der Waals surface area contributed by atoms with Crippen LogP contribution < -0.4 is 9.80 Å². The number of halogens is 1. The molecule has 1 aromatic heterocycles. The van der Waals surface area contributed by atoms with Crippen molar-refractivity contribution in [3.63, 3.8) is 0 Å². The Balaban J connectivity index is 1.95. The van der Waals surface area contributed by atoms with Gasteiger partial charge in [0.1, 0.15) is 11.4 Å². The highest BCUT2D eigenvalue weighted by Crippen LogP contribution is 2.37. The van der Waals surface area contributed by atoms with Crippen LogP contribution in [0.1, 0.15) is 20.8 Å². The highest BCUT2D eigenvalue weighted by atomic mass is 35.5. The predicted octanol–water partition coefficient (Wildman–Crippen LogP) is 4.63. The second kappa shape index (κ2) is 6.32. The second-order valence-corrected chi connectivity index (χ2v) is 7.04. The van der Waals surface area contributed by atoms with Gasteiger partial charge in [0.2, 0.25) is 0 Å². The Morgan fingerprint density at radius 2 is 1.88 bits per heavy atom. The molecule has 0 radical (unpaired) electrons. The molecule has 1 aliphatic heterocycles. The van der Waals surface area contributed by atoms with E-state index in [9.17, 15) is 4.79 Å². The van der Waals surface area contributed by atoms with Crippen molar-refractivity contribution < 1.29 is 9.53 Å². The van der Waals surface area contributed by atoms with Crippen molar-refractivity contribution in [3.8, 4) is 0 Å². The molecule has 0 saturated carbocycles. The first-order valence-corrected chi connectivity index (χ1v) is 8.21. The molecule has 0 atom stereocenters. The molecular weight excluding hydrogens is 326 g/mol. The minimum Gasteiger partial charge on any atom is -0.443 e. The van der Waals surface area contributed by atoms with Crippen LogP contribution in [-0.4, -0.2) is 29.8 Å². The van der Waals surface area contributed by atoms with Crippen LogP contribution in [0.5, 0.6) is 0 Å². The molecule has 0 unspecified atom stereocenters. The van der Waals surface area contributed by atoms with Crippen molar-refractivity contribution in [2.75, 3.05) is 22.9 Å². The Morgan fingerprint density at radius 1 is 1.17 bits per heavy atom. The highest BCUT2D eigenvalue weighted by molar-refractivity contribution is 6.30. The van der Waals surface area contributed by atoms with E-state index in [0.29, 0.717) is 18.1 Å². The molecule has 1 aliphatic rings. The maximum absolute atomic E-state index is 12.5. The lowest BCUT2D eigenvalue weighted by Crippen LogP contribution is -2.44. The van der Waals surface area contributed by atoms with E-state index >= 15 is 0 Å². The number of carbonyl (C=O) groups excluding carboxylic acids is 1. The lowest BCUT2D eigenvalue weighted by Gasteiger charge is -2.37. The molecule has 24 heavy (non-hydrogen) atoms. The van der Waals surface area contributed by atoms with Crippen LogP contribution in [0.3, 0.4) is 0 Å². The van der Waals surface area contributed by atoms with Crippen LogP contribution in [0.15, 0.2) is 42.6 Å². The lowest BCUT2D eigenvalue weighted by molar-refractivity contribution is 0.0580. The van der Waals surface area contributed by atoms with Gasteiger partial charge in [0.05, 0.1) is 11.4 Å². The zero-order valence-electron chi connectivity index (χ0n) is 14.0. The van der Waals surface area contributed by atoms with Gasteiger partial charge >= 0.3 is 6.09 Å². The summed E-state index contributed by atoms with van der Waals surface area (Å²) in [7, 11) is 0. The predicted molar refractivity (Wildman–Crippen MR) is 96.3 cm³/mol. The Bertz CT molecular complexity index is 758. The summed E-state index contributed by atoms with van der Waals surface area (Å²) in [5.41, 5.74) is 1.18. The fraction of sp³-hybridized carbons (Fsp3) is 0.333. The minimum absolute atomic E-state index is 0.339. The Labute approximate surface area is 146 Å². The number of hydrogen-bond donors (Lipinski definition) is 0. The molecule has 126 valence electrons. The normalized spacial score (nSPS) is 14.3. The summed E-state index contributed by atoms with van der Waals surface area (Å²) in [6.07, 6.45) is 1.34. The summed E-state index contributed by atoms with van der Waals surface area (Å²) < 4.78 is 5.53. The monoisotopic (exact) mass is 345 g/mol. The largest absolute Gasteiger partial charge is 0.443 e.